The zero-order chi connectivity index (χ0) is 22.9. The van der Waals surface area contributed by atoms with E-state index in [1.54, 1.807) is 0 Å². The van der Waals surface area contributed by atoms with Gasteiger partial charge in [0.15, 0.2) is 0 Å². The van der Waals surface area contributed by atoms with Crippen LogP contribution in [0.1, 0.15) is 19.4 Å². The molecule has 8 heteroatoms. The Kier molecular flexibility index (Phi) is 7.56. The van der Waals surface area contributed by atoms with E-state index in [-0.39, 0.29) is 30.5 Å². The van der Waals surface area contributed by atoms with Crippen LogP contribution >= 0.6 is 15.9 Å². The molecule has 1 aliphatic rings. The minimum absolute atomic E-state index is 0.0414. The number of nitrogens with zero attached hydrogens (tertiary/aromatic N) is 2. The molecule has 2 aromatic rings. The van der Waals surface area contributed by atoms with Gasteiger partial charge in [-0.25, -0.2) is 0 Å². The first-order chi connectivity index (χ1) is 14.5. The van der Waals surface area contributed by atoms with Crippen LogP contribution in [0.25, 0.3) is 10.9 Å². The summed E-state index contributed by atoms with van der Waals surface area (Å²) in [7, 11) is 0.838. The van der Waals surface area contributed by atoms with Crippen molar-refractivity contribution in [1.29, 1.82) is 0 Å². The van der Waals surface area contributed by atoms with Gasteiger partial charge in [0, 0.05) is 43.5 Å². The summed E-state index contributed by atoms with van der Waals surface area (Å²) >= 11 is 3.74. The number of aliphatic hydroxyl groups is 1. The molecular weight excluding hydrogens is 474 g/mol. The number of hydrogen-bond donors (Lipinski definition) is 2. The molecular formula is C23H36BrN3O3Si. The highest BCUT2D eigenvalue weighted by molar-refractivity contribution is 9.10. The first-order valence-corrected chi connectivity index (χ1v) is 15.6. The van der Waals surface area contributed by atoms with Gasteiger partial charge in [-0.2, -0.15) is 0 Å². The number of aromatic nitrogens is 1. The highest BCUT2D eigenvalue weighted by Gasteiger charge is 2.32. The van der Waals surface area contributed by atoms with Crippen LogP contribution in [-0.4, -0.2) is 56.0 Å². The third-order valence-electron chi connectivity index (χ3n) is 5.98. The molecule has 31 heavy (non-hydrogen) atoms. The van der Waals surface area contributed by atoms with Crippen molar-refractivity contribution in [1.82, 2.24) is 9.88 Å². The SMILES string of the molecule is CC(C)[C@H]1C(=O)N[C@H](CO)Cc2cn(COCC[Si](C)(C)C)c3c(Br)ccc(c23)N1C. The Labute approximate surface area is 195 Å². The quantitative estimate of drug-likeness (QED) is 0.433. The Morgan fingerprint density at radius 1 is 1.32 bits per heavy atom. The van der Waals surface area contributed by atoms with Gasteiger partial charge in [0.05, 0.1) is 18.2 Å². The van der Waals surface area contributed by atoms with Crippen molar-refractivity contribution < 1.29 is 14.6 Å². The van der Waals surface area contributed by atoms with Crippen molar-refractivity contribution >= 4 is 46.5 Å². The molecule has 0 fully saturated rings. The molecule has 3 rings (SSSR count). The van der Waals surface area contributed by atoms with Crippen molar-refractivity contribution in [2.75, 3.05) is 25.2 Å². The van der Waals surface area contributed by atoms with Crippen LogP contribution in [-0.2, 0) is 22.7 Å². The van der Waals surface area contributed by atoms with Crippen molar-refractivity contribution in [2.24, 2.45) is 5.92 Å². The average Bonchev–Trinajstić information content (AvgIpc) is 3.03. The van der Waals surface area contributed by atoms with E-state index in [0.29, 0.717) is 13.2 Å². The fourth-order valence-corrected chi connectivity index (χ4v) is 5.67. The Balaban J connectivity index is 2.07. The number of anilines is 1. The Hall–Kier alpha value is -1.35. The van der Waals surface area contributed by atoms with Gasteiger partial charge in [0.25, 0.3) is 0 Å². The molecule has 0 bridgehead atoms. The standard InChI is InChI=1S/C23H36BrN3O3Si/c1-15(2)21-23(29)25-17(13-28)11-16-12-27(14-30-9-10-31(4,5)6)22-18(24)7-8-19(20(16)22)26(21)3/h7-8,12,15,17,21,28H,9-11,13-14H2,1-6H3,(H,25,29)/t17-,21-/m0/s1. The lowest BCUT2D eigenvalue weighted by molar-refractivity contribution is -0.124. The first kappa shape index (κ1) is 24.3. The highest BCUT2D eigenvalue weighted by Crippen LogP contribution is 2.38. The summed E-state index contributed by atoms with van der Waals surface area (Å²) in [5.74, 6) is 0.0805. The normalized spacial score (nSPS) is 20.0. The smallest absolute Gasteiger partial charge is 0.243 e. The molecule has 0 aliphatic carbocycles. The lowest BCUT2D eigenvalue weighted by atomic mass is 10.0. The van der Waals surface area contributed by atoms with Crippen molar-refractivity contribution in [3.8, 4) is 0 Å². The van der Waals surface area contributed by atoms with Gasteiger partial charge in [-0.05, 0) is 52.0 Å². The van der Waals surface area contributed by atoms with E-state index in [2.05, 4.69) is 76.5 Å². The summed E-state index contributed by atoms with van der Waals surface area (Å²) < 4.78 is 9.22. The molecule has 1 amide bonds. The van der Waals surface area contributed by atoms with Crippen LogP contribution in [0.4, 0.5) is 5.69 Å². The van der Waals surface area contributed by atoms with Gasteiger partial charge in [-0.1, -0.05) is 33.5 Å². The fraction of sp³-hybridized carbons (Fsp3) is 0.609. The number of ether oxygens (including phenoxy) is 1. The predicted octanol–water partition coefficient (Wildman–Crippen LogP) is 4.21. The number of amides is 1. The van der Waals surface area contributed by atoms with Crippen LogP contribution in [0.3, 0.4) is 0 Å². The molecule has 1 aliphatic heterocycles. The number of likely N-dealkylation sites (N-methyl/N-ethyl adjacent to an activating group) is 1. The third-order valence-corrected chi connectivity index (χ3v) is 8.33. The largest absolute Gasteiger partial charge is 0.394 e. The second-order valence-electron chi connectivity index (χ2n) is 10.2. The Morgan fingerprint density at radius 2 is 2.03 bits per heavy atom. The minimum atomic E-state index is -1.15. The molecule has 0 saturated heterocycles. The topological polar surface area (TPSA) is 66.7 Å². The molecule has 0 saturated carbocycles. The number of hydrogen-bond acceptors (Lipinski definition) is 4. The average molecular weight is 511 g/mol. The second kappa shape index (κ2) is 9.64. The van der Waals surface area contributed by atoms with E-state index in [0.717, 1.165) is 39.3 Å². The van der Waals surface area contributed by atoms with E-state index in [1.165, 1.54) is 0 Å². The van der Waals surface area contributed by atoms with E-state index >= 15 is 0 Å². The summed E-state index contributed by atoms with van der Waals surface area (Å²) in [6.45, 7) is 12.3. The van der Waals surface area contributed by atoms with Gasteiger partial charge in [0.2, 0.25) is 5.91 Å². The number of carbonyl (C=O) groups excluding carboxylic acids is 1. The molecule has 1 aromatic carbocycles. The fourth-order valence-electron chi connectivity index (χ4n) is 4.35. The van der Waals surface area contributed by atoms with Gasteiger partial charge in [0.1, 0.15) is 12.8 Å². The molecule has 2 atom stereocenters. The van der Waals surface area contributed by atoms with Crippen LogP contribution in [0, 0.1) is 5.92 Å². The lowest BCUT2D eigenvalue weighted by Crippen LogP contribution is -2.52. The van der Waals surface area contributed by atoms with Gasteiger partial charge >= 0.3 is 0 Å². The lowest BCUT2D eigenvalue weighted by Gasteiger charge is -2.32. The zero-order valence-corrected chi connectivity index (χ0v) is 22.1. The Morgan fingerprint density at radius 3 is 2.65 bits per heavy atom. The minimum Gasteiger partial charge on any atom is -0.394 e. The summed E-state index contributed by atoms with van der Waals surface area (Å²) in [5.41, 5.74) is 3.21. The summed E-state index contributed by atoms with van der Waals surface area (Å²) in [5, 5.41) is 14.1. The van der Waals surface area contributed by atoms with Gasteiger partial charge in [-0.3, -0.25) is 4.79 Å². The summed E-state index contributed by atoms with van der Waals surface area (Å²) in [6, 6.07) is 4.62. The van der Waals surface area contributed by atoms with E-state index < -0.39 is 8.07 Å². The first-order valence-electron chi connectivity index (χ1n) is 11.1. The maximum absolute atomic E-state index is 13.0. The van der Waals surface area contributed by atoms with Crippen molar-refractivity contribution in [3.63, 3.8) is 0 Å². The molecule has 172 valence electrons. The maximum atomic E-state index is 13.0. The number of nitrogens with one attached hydrogen (secondary N) is 1. The van der Waals surface area contributed by atoms with E-state index in [4.69, 9.17) is 4.74 Å². The Bertz CT molecular complexity index is 938. The third kappa shape index (κ3) is 5.35. The van der Waals surface area contributed by atoms with E-state index in [9.17, 15) is 9.90 Å². The molecule has 1 aromatic heterocycles. The highest BCUT2D eigenvalue weighted by atomic mass is 79.9. The molecule has 0 radical (unpaired) electrons. The van der Waals surface area contributed by atoms with Gasteiger partial charge in [-0.15, -0.1) is 0 Å². The molecule has 0 spiro atoms. The zero-order valence-electron chi connectivity index (χ0n) is 19.5. The molecule has 2 heterocycles. The monoisotopic (exact) mass is 509 g/mol. The maximum Gasteiger partial charge on any atom is 0.243 e. The number of aliphatic hydroxyl groups excluding tert-OH is 1. The number of benzene rings is 1. The molecule has 0 unspecified atom stereocenters. The number of carbonyl (C=O) groups is 1. The predicted molar refractivity (Wildman–Crippen MR) is 133 cm³/mol. The van der Waals surface area contributed by atoms with Crippen LogP contribution in [0.2, 0.25) is 25.7 Å². The van der Waals surface area contributed by atoms with Crippen LogP contribution in [0.5, 0.6) is 0 Å². The summed E-state index contributed by atoms with van der Waals surface area (Å²) in [4.78, 5) is 15.1. The van der Waals surface area contributed by atoms with E-state index in [1.807, 2.05) is 13.1 Å². The van der Waals surface area contributed by atoms with Gasteiger partial charge < -0.3 is 24.6 Å². The number of rotatable bonds is 7. The molecule has 6 nitrogen and oxygen atoms in total. The number of halogens is 1. The summed E-state index contributed by atoms with van der Waals surface area (Å²) in [6.07, 6.45) is 2.69. The van der Waals surface area contributed by atoms with Crippen molar-refractivity contribution in [2.45, 2.75) is 64.8 Å². The van der Waals surface area contributed by atoms with Crippen LogP contribution < -0.4 is 10.2 Å². The second-order valence-corrected chi connectivity index (χ2v) is 16.6. The van der Waals surface area contributed by atoms with Crippen molar-refractivity contribution in [3.05, 3.63) is 28.4 Å². The molecule has 2 N–H and O–H groups in total. The van der Waals surface area contributed by atoms with Crippen LogP contribution in [0.15, 0.2) is 22.8 Å².